The van der Waals surface area contributed by atoms with Gasteiger partial charge in [0.25, 0.3) is 0 Å². The summed E-state index contributed by atoms with van der Waals surface area (Å²) in [7, 11) is 0. The number of aliphatic hydroxyl groups excluding tert-OH is 1. The fourth-order valence-corrected chi connectivity index (χ4v) is 1.10. The highest BCUT2D eigenvalue weighted by Crippen LogP contribution is 2.28. The molecule has 0 saturated heterocycles. The summed E-state index contributed by atoms with van der Waals surface area (Å²) in [4.78, 5) is 0. The minimum Gasteiger partial charge on any atom is -0.508 e. The number of nitrogen functional groups attached to an aromatic ring is 1. The number of anilines is 1. The average molecular weight is 182 g/mol. The Morgan fingerprint density at radius 2 is 2.08 bits per heavy atom. The molecule has 72 valence electrons. The van der Waals surface area contributed by atoms with Gasteiger partial charge in [0.15, 0.2) is 0 Å². The van der Waals surface area contributed by atoms with Crippen LogP contribution in [-0.2, 0) is 5.54 Å². The van der Waals surface area contributed by atoms with Crippen molar-refractivity contribution in [3.8, 4) is 5.75 Å². The summed E-state index contributed by atoms with van der Waals surface area (Å²) in [5.74, 6) is 0.0493. The molecule has 0 aromatic heterocycles. The molecule has 1 aromatic carbocycles. The minimum absolute atomic E-state index is 0.0493. The number of aromatic hydroxyl groups is 1. The van der Waals surface area contributed by atoms with E-state index in [1.165, 1.54) is 6.07 Å². The van der Waals surface area contributed by atoms with Gasteiger partial charge in [-0.1, -0.05) is 0 Å². The molecule has 0 spiro atoms. The lowest BCUT2D eigenvalue weighted by molar-refractivity contribution is 0.207. The highest BCUT2D eigenvalue weighted by atomic mass is 16.3. The highest BCUT2D eigenvalue weighted by molar-refractivity contribution is 5.49. The summed E-state index contributed by atoms with van der Waals surface area (Å²) >= 11 is 0. The molecule has 1 atom stereocenters. The molecule has 4 heteroatoms. The van der Waals surface area contributed by atoms with Crippen molar-refractivity contribution in [2.24, 2.45) is 5.73 Å². The van der Waals surface area contributed by atoms with E-state index in [0.717, 1.165) is 0 Å². The van der Waals surface area contributed by atoms with Gasteiger partial charge < -0.3 is 21.7 Å². The third-order valence-corrected chi connectivity index (χ3v) is 1.96. The van der Waals surface area contributed by atoms with E-state index in [4.69, 9.17) is 16.6 Å². The first-order valence-electron chi connectivity index (χ1n) is 3.96. The average Bonchev–Trinajstić information content (AvgIpc) is 2.09. The Morgan fingerprint density at radius 3 is 2.62 bits per heavy atom. The number of nitrogens with two attached hydrogens (primary N) is 2. The number of phenolic OH excluding ortho intramolecular Hbond substituents is 1. The Morgan fingerprint density at radius 1 is 1.46 bits per heavy atom. The summed E-state index contributed by atoms with van der Waals surface area (Å²) in [5.41, 5.74) is 11.3. The lowest BCUT2D eigenvalue weighted by Crippen LogP contribution is -2.37. The summed E-state index contributed by atoms with van der Waals surface area (Å²) in [6, 6.07) is 4.60. The van der Waals surface area contributed by atoms with E-state index < -0.39 is 5.54 Å². The van der Waals surface area contributed by atoms with E-state index in [1.807, 2.05) is 0 Å². The molecule has 13 heavy (non-hydrogen) atoms. The van der Waals surface area contributed by atoms with Crippen molar-refractivity contribution in [3.05, 3.63) is 23.8 Å². The predicted molar refractivity (Wildman–Crippen MR) is 51.1 cm³/mol. The van der Waals surface area contributed by atoms with E-state index in [-0.39, 0.29) is 12.4 Å². The molecule has 0 saturated carbocycles. The first kappa shape index (κ1) is 9.83. The topological polar surface area (TPSA) is 92.5 Å². The second kappa shape index (κ2) is 3.24. The largest absolute Gasteiger partial charge is 0.508 e. The Labute approximate surface area is 76.8 Å². The van der Waals surface area contributed by atoms with Gasteiger partial charge in [-0.15, -0.1) is 0 Å². The Hall–Kier alpha value is -1.26. The smallest absolute Gasteiger partial charge is 0.120 e. The maximum Gasteiger partial charge on any atom is 0.120 e. The predicted octanol–water partition coefficient (Wildman–Crippen LogP) is 0.141. The number of hydrogen-bond acceptors (Lipinski definition) is 4. The molecule has 0 heterocycles. The normalized spacial score (nSPS) is 15.3. The number of benzene rings is 1. The van der Waals surface area contributed by atoms with E-state index >= 15 is 0 Å². The van der Waals surface area contributed by atoms with Crippen LogP contribution in [0.5, 0.6) is 5.75 Å². The van der Waals surface area contributed by atoms with Crippen LogP contribution < -0.4 is 11.5 Å². The number of phenols is 1. The molecule has 1 rings (SSSR count). The van der Waals surface area contributed by atoms with Gasteiger partial charge in [0.2, 0.25) is 0 Å². The van der Waals surface area contributed by atoms with Crippen LogP contribution in [0, 0.1) is 0 Å². The van der Waals surface area contributed by atoms with Crippen LogP contribution in [0.4, 0.5) is 5.69 Å². The second-order valence-corrected chi connectivity index (χ2v) is 3.35. The van der Waals surface area contributed by atoms with Gasteiger partial charge in [-0.3, -0.25) is 0 Å². The Kier molecular flexibility index (Phi) is 2.45. The van der Waals surface area contributed by atoms with Gasteiger partial charge in [-0.05, 0) is 25.1 Å². The molecule has 1 aromatic rings. The third-order valence-electron chi connectivity index (χ3n) is 1.96. The van der Waals surface area contributed by atoms with Gasteiger partial charge in [0, 0.05) is 11.3 Å². The monoisotopic (exact) mass is 182 g/mol. The standard InChI is InChI=1S/C9H14N2O2/c1-9(11,5-12)7-4-6(10)2-3-8(7)13/h2-4,12-13H,5,10-11H2,1H3/t9-/m1/s1. The molecular weight excluding hydrogens is 168 g/mol. The van der Waals surface area contributed by atoms with Gasteiger partial charge in [0.05, 0.1) is 12.1 Å². The molecule has 0 aliphatic heterocycles. The van der Waals surface area contributed by atoms with E-state index in [1.54, 1.807) is 19.1 Å². The van der Waals surface area contributed by atoms with Crippen molar-refractivity contribution in [2.75, 3.05) is 12.3 Å². The van der Waals surface area contributed by atoms with Crippen molar-refractivity contribution in [2.45, 2.75) is 12.5 Å². The fourth-order valence-electron chi connectivity index (χ4n) is 1.10. The molecule has 0 bridgehead atoms. The van der Waals surface area contributed by atoms with E-state index in [0.29, 0.717) is 11.3 Å². The van der Waals surface area contributed by atoms with Crippen LogP contribution in [0.2, 0.25) is 0 Å². The molecule has 0 aliphatic carbocycles. The molecule has 4 nitrogen and oxygen atoms in total. The molecule has 0 unspecified atom stereocenters. The van der Waals surface area contributed by atoms with Crippen LogP contribution in [-0.4, -0.2) is 16.8 Å². The van der Waals surface area contributed by atoms with Crippen molar-refractivity contribution in [1.29, 1.82) is 0 Å². The van der Waals surface area contributed by atoms with Crippen molar-refractivity contribution in [1.82, 2.24) is 0 Å². The minimum atomic E-state index is -0.959. The zero-order chi connectivity index (χ0) is 10.1. The molecule has 0 amide bonds. The molecular formula is C9H14N2O2. The van der Waals surface area contributed by atoms with Crippen LogP contribution in [0.3, 0.4) is 0 Å². The number of hydrogen-bond donors (Lipinski definition) is 4. The second-order valence-electron chi connectivity index (χ2n) is 3.35. The lowest BCUT2D eigenvalue weighted by atomic mass is 9.93. The molecule has 0 aliphatic rings. The first-order valence-corrected chi connectivity index (χ1v) is 3.96. The van der Waals surface area contributed by atoms with Crippen molar-refractivity contribution in [3.63, 3.8) is 0 Å². The Balaban J connectivity index is 3.20. The van der Waals surface area contributed by atoms with Crippen LogP contribution in [0.15, 0.2) is 18.2 Å². The Bertz CT molecular complexity index is 310. The molecule has 0 fully saturated rings. The maximum absolute atomic E-state index is 9.46. The number of aliphatic hydroxyl groups is 1. The van der Waals surface area contributed by atoms with Crippen LogP contribution in [0.25, 0.3) is 0 Å². The van der Waals surface area contributed by atoms with Gasteiger partial charge >= 0.3 is 0 Å². The SMILES string of the molecule is C[C@@](N)(CO)c1cc(N)ccc1O. The first-order chi connectivity index (χ1) is 5.97. The molecule has 6 N–H and O–H groups in total. The number of rotatable bonds is 2. The summed E-state index contributed by atoms with van der Waals surface area (Å²) < 4.78 is 0. The van der Waals surface area contributed by atoms with Crippen molar-refractivity contribution >= 4 is 5.69 Å². The fraction of sp³-hybridized carbons (Fsp3) is 0.333. The van der Waals surface area contributed by atoms with Crippen molar-refractivity contribution < 1.29 is 10.2 Å². The quantitative estimate of drug-likeness (QED) is 0.386. The molecule has 0 radical (unpaired) electrons. The van der Waals surface area contributed by atoms with E-state index in [2.05, 4.69) is 0 Å². The zero-order valence-corrected chi connectivity index (χ0v) is 7.49. The van der Waals surface area contributed by atoms with Gasteiger partial charge in [0.1, 0.15) is 5.75 Å². The lowest BCUT2D eigenvalue weighted by Gasteiger charge is -2.23. The summed E-state index contributed by atoms with van der Waals surface area (Å²) in [6.07, 6.45) is 0. The summed E-state index contributed by atoms with van der Waals surface area (Å²) in [6.45, 7) is 1.38. The summed E-state index contributed by atoms with van der Waals surface area (Å²) in [5, 5.41) is 18.4. The van der Waals surface area contributed by atoms with Gasteiger partial charge in [-0.2, -0.15) is 0 Å². The highest BCUT2D eigenvalue weighted by Gasteiger charge is 2.23. The van der Waals surface area contributed by atoms with Gasteiger partial charge in [-0.25, -0.2) is 0 Å². The zero-order valence-electron chi connectivity index (χ0n) is 7.49. The maximum atomic E-state index is 9.46. The van der Waals surface area contributed by atoms with Crippen LogP contribution >= 0.6 is 0 Å². The van der Waals surface area contributed by atoms with Crippen LogP contribution in [0.1, 0.15) is 12.5 Å². The third kappa shape index (κ3) is 1.91. The van der Waals surface area contributed by atoms with E-state index in [9.17, 15) is 5.11 Å².